The Kier molecular flexibility index (Phi) is 6.31. The molecule has 0 saturated heterocycles. The van der Waals surface area contributed by atoms with E-state index in [1.165, 1.54) is 88.7 Å². The average molecular weight is 589 g/mol. The summed E-state index contributed by atoms with van der Waals surface area (Å²) in [5, 5.41) is 9.31. The van der Waals surface area contributed by atoms with Crippen LogP contribution in [0.4, 0.5) is 0 Å². The molecule has 2 heterocycles. The summed E-state index contributed by atoms with van der Waals surface area (Å²) in [6.07, 6.45) is 12.7. The molecule has 0 radical (unpaired) electrons. The third kappa shape index (κ3) is 4.50. The van der Waals surface area contributed by atoms with E-state index >= 15 is 0 Å². The molecular formula is C44H32N2. The van der Waals surface area contributed by atoms with Gasteiger partial charge in [0.05, 0.1) is 0 Å². The van der Waals surface area contributed by atoms with Gasteiger partial charge in [0, 0.05) is 19.3 Å². The van der Waals surface area contributed by atoms with Gasteiger partial charge in [0.2, 0.25) is 0 Å². The van der Waals surface area contributed by atoms with Crippen LogP contribution in [0.5, 0.6) is 0 Å². The molecule has 0 aromatic heterocycles. The minimum Gasteiger partial charge on any atom is -0.387 e. The molecular weight excluding hydrogens is 556 g/mol. The zero-order valence-corrected chi connectivity index (χ0v) is 25.4. The van der Waals surface area contributed by atoms with Crippen LogP contribution in [0.1, 0.15) is 11.1 Å². The van der Waals surface area contributed by atoms with Crippen LogP contribution in [0, 0.1) is 0 Å². The van der Waals surface area contributed by atoms with Crippen LogP contribution < -0.4 is 10.6 Å². The van der Waals surface area contributed by atoms with Crippen molar-refractivity contribution in [2.24, 2.45) is 0 Å². The lowest BCUT2D eigenvalue weighted by Crippen LogP contribution is -2.11. The number of hydrogen-bond donors (Lipinski definition) is 2. The topological polar surface area (TPSA) is 24.1 Å². The summed E-state index contributed by atoms with van der Waals surface area (Å²) in [5.41, 5.74) is 17.6. The van der Waals surface area contributed by atoms with Gasteiger partial charge in [0.25, 0.3) is 0 Å². The predicted molar refractivity (Wildman–Crippen MR) is 195 cm³/mol. The van der Waals surface area contributed by atoms with E-state index in [4.69, 9.17) is 0 Å². The fourth-order valence-corrected chi connectivity index (χ4v) is 7.22. The van der Waals surface area contributed by atoms with Crippen LogP contribution >= 0.6 is 0 Å². The Hall–Kier alpha value is -5.86. The van der Waals surface area contributed by atoms with Gasteiger partial charge in [-0.3, -0.25) is 0 Å². The Morgan fingerprint density at radius 2 is 1.11 bits per heavy atom. The van der Waals surface area contributed by atoms with Crippen molar-refractivity contribution < 1.29 is 0 Å². The number of rotatable bonds is 5. The second-order valence-electron chi connectivity index (χ2n) is 12.2. The number of hydrogen-bond acceptors (Lipinski definition) is 2. The minimum atomic E-state index is 0.850. The highest BCUT2D eigenvalue weighted by Crippen LogP contribution is 2.49. The fourth-order valence-electron chi connectivity index (χ4n) is 7.22. The Balaban J connectivity index is 1.19. The summed E-state index contributed by atoms with van der Waals surface area (Å²) in [6, 6.07) is 45.3. The fraction of sp³-hybridized carbons (Fsp3) is 0.0455. The Bertz CT molecular complexity index is 2250. The van der Waals surface area contributed by atoms with Gasteiger partial charge in [-0.15, -0.1) is 0 Å². The van der Waals surface area contributed by atoms with Crippen molar-refractivity contribution in [1.29, 1.82) is 0 Å². The van der Waals surface area contributed by atoms with Crippen molar-refractivity contribution in [1.82, 2.24) is 10.6 Å². The first-order valence-corrected chi connectivity index (χ1v) is 16.0. The lowest BCUT2D eigenvalue weighted by atomic mass is 9.89. The van der Waals surface area contributed by atoms with Gasteiger partial charge >= 0.3 is 0 Å². The van der Waals surface area contributed by atoms with Crippen molar-refractivity contribution in [2.45, 2.75) is 0 Å². The summed E-state index contributed by atoms with van der Waals surface area (Å²) < 4.78 is 0. The number of nitrogens with one attached hydrogen (secondary N) is 2. The second-order valence-corrected chi connectivity index (χ2v) is 12.2. The summed E-state index contributed by atoms with van der Waals surface area (Å²) in [5.74, 6) is 0. The molecule has 3 aliphatic rings. The van der Waals surface area contributed by atoms with Gasteiger partial charge in [-0.2, -0.15) is 0 Å². The van der Waals surface area contributed by atoms with E-state index in [0.717, 1.165) is 13.1 Å². The van der Waals surface area contributed by atoms with Gasteiger partial charge in [-0.05, 0) is 119 Å². The lowest BCUT2D eigenvalue weighted by Gasteiger charge is -2.15. The van der Waals surface area contributed by atoms with E-state index in [9.17, 15) is 0 Å². The van der Waals surface area contributed by atoms with Crippen LogP contribution in [0.2, 0.25) is 0 Å². The number of benzene rings is 6. The van der Waals surface area contributed by atoms with Crippen LogP contribution in [-0.4, -0.2) is 13.1 Å². The highest BCUT2D eigenvalue weighted by atomic mass is 14.8. The van der Waals surface area contributed by atoms with Gasteiger partial charge in [-0.1, -0.05) is 121 Å². The van der Waals surface area contributed by atoms with Crippen molar-refractivity contribution >= 4 is 21.9 Å². The van der Waals surface area contributed by atoms with Gasteiger partial charge in [-0.25, -0.2) is 0 Å². The molecule has 0 bridgehead atoms. The molecule has 1 aliphatic carbocycles. The smallest absolute Gasteiger partial charge is 0.0401 e. The lowest BCUT2D eigenvalue weighted by molar-refractivity contribution is 0.976. The minimum absolute atomic E-state index is 0.850. The van der Waals surface area contributed by atoms with Crippen LogP contribution in [0.3, 0.4) is 0 Å². The molecule has 2 heteroatoms. The first-order chi connectivity index (χ1) is 22.8. The van der Waals surface area contributed by atoms with Crippen molar-refractivity contribution in [3.63, 3.8) is 0 Å². The van der Waals surface area contributed by atoms with E-state index in [-0.39, 0.29) is 0 Å². The zero-order valence-electron chi connectivity index (χ0n) is 25.4. The molecule has 2 N–H and O–H groups in total. The van der Waals surface area contributed by atoms with Crippen molar-refractivity contribution in [3.05, 3.63) is 169 Å². The maximum atomic E-state index is 3.33. The van der Waals surface area contributed by atoms with Crippen LogP contribution in [0.25, 0.3) is 77.6 Å². The first-order valence-electron chi connectivity index (χ1n) is 16.0. The first kappa shape index (κ1) is 26.5. The average Bonchev–Trinajstić information content (AvgIpc) is 3.47. The van der Waals surface area contributed by atoms with Crippen LogP contribution in [-0.2, 0) is 0 Å². The molecule has 0 amide bonds. The maximum Gasteiger partial charge on any atom is 0.0401 e. The number of fused-ring (bicyclic) bond motifs is 3. The molecule has 2 nitrogen and oxygen atoms in total. The van der Waals surface area contributed by atoms with Crippen molar-refractivity contribution in [2.75, 3.05) is 13.1 Å². The van der Waals surface area contributed by atoms with E-state index in [0.29, 0.717) is 0 Å². The van der Waals surface area contributed by atoms with Crippen molar-refractivity contribution in [3.8, 4) is 55.6 Å². The van der Waals surface area contributed by atoms with E-state index in [1.807, 2.05) is 6.20 Å². The maximum absolute atomic E-state index is 3.33. The monoisotopic (exact) mass is 588 g/mol. The highest BCUT2D eigenvalue weighted by molar-refractivity contribution is 6.18. The van der Waals surface area contributed by atoms with E-state index in [1.54, 1.807) is 0 Å². The summed E-state index contributed by atoms with van der Waals surface area (Å²) in [4.78, 5) is 0. The molecule has 0 unspecified atom stereocenters. The zero-order chi connectivity index (χ0) is 30.5. The molecule has 0 fully saturated rings. The molecule has 218 valence electrons. The van der Waals surface area contributed by atoms with Gasteiger partial charge in [0.1, 0.15) is 0 Å². The van der Waals surface area contributed by atoms with E-state index in [2.05, 4.69) is 162 Å². The van der Waals surface area contributed by atoms with Crippen LogP contribution in [0.15, 0.2) is 158 Å². The predicted octanol–water partition coefficient (Wildman–Crippen LogP) is 10.5. The second kappa shape index (κ2) is 10.9. The Morgan fingerprint density at radius 1 is 0.478 bits per heavy atom. The standard InChI is InChI=1S/C44H32N2/c1-2-9-40-39(8-1)42-11-3-10-41-38(20-21-43(40)44(41)42)37-25-35(31-16-12-29(13-17-31)33-6-4-22-45-27-33)24-36(26-37)32-18-14-30(15-19-32)34-7-5-23-46-28-34/h1-22,24-26,28,45-46H,23,27H2. The number of dihydropyridines is 2. The normalized spacial score (nSPS) is 14.3. The molecule has 6 aromatic rings. The highest BCUT2D eigenvalue weighted by Gasteiger charge is 2.22. The quantitative estimate of drug-likeness (QED) is 0.209. The molecule has 0 atom stereocenters. The SMILES string of the molecule is C1=CNCC(c2ccc(-c3cc(-c4ccc(C5=CNCC=C5)cc4)cc(-c4ccc5c6c(cccc46)-c4ccccc4-5)c3)cc2)=C1. The molecule has 46 heavy (non-hydrogen) atoms. The third-order valence-corrected chi connectivity index (χ3v) is 9.53. The Labute approximate surface area is 269 Å². The third-order valence-electron chi connectivity index (χ3n) is 9.53. The molecule has 0 saturated carbocycles. The molecule has 2 aliphatic heterocycles. The largest absolute Gasteiger partial charge is 0.387 e. The summed E-state index contributed by atoms with van der Waals surface area (Å²) >= 11 is 0. The summed E-state index contributed by atoms with van der Waals surface area (Å²) in [6.45, 7) is 1.73. The van der Waals surface area contributed by atoms with E-state index < -0.39 is 0 Å². The van der Waals surface area contributed by atoms with Gasteiger partial charge in [0.15, 0.2) is 0 Å². The Morgan fingerprint density at radius 3 is 1.78 bits per heavy atom. The molecule has 9 rings (SSSR count). The van der Waals surface area contributed by atoms with Gasteiger partial charge < -0.3 is 10.6 Å². The number of allylic oxidation sites excluding steroid dienone is 4. The molecule has 6 aromatic carbocycles. The summed E-state index contributed by atoms with van der Waals surface area (Å²) in [7, 11) is 0. The molecule has 0 spiro atoms.